The Labute approximate surface area is 171 Å². The molecular formula is C25H37N3. The smallest absolute Gasteiger partial charge is 0.0963 e. The van der Waals surface area contributed by atoms with E-state index in [4.69, 9.17) is 0 Å². The van der Waals surface area contributed by atoms with Gasteiger partial charge in [0.1, 0.15) is 0 Å². The molecule has 0 fully saturated rings. The molecule has 0 unspecified atom stereocenters. The van der Waals surface area contributed by atoms with Crippen LogP contribution in [0.15, 0.2) is 67.1 Å². The van der Waals surface area contributed by atoms with E-state index in [0.717, 1.165) is 5.52 Å². The summed E-state index contributed by atoms with van der Waals surface area (Å²) in [6, 6.07) is 18.9. The standard InChI is InChI=1S/C12H15N.C11H14N2.2CH4/c1-12(2,3)13-9-8-10-6-4-5-7-11(10)13;1-11(2,3)13-8-12-9-6-4-5-7-10(9)13;;/h4-9H,1-3H3;4-8H,1-3H3;2*1H4. The van der Waals surface area contributed by atoms with Crippen molar-refractivity contribution in [2.24, 2.45) is 0 Å². The van der Waals surface area contributed by atoms with Crippen LogP contribution in [0.25, 0.3) is 21.9 Å². The van der Waals surface area contributed by atoms with Crippen molar-refractivity contribution < 1.29 is 0 Å². The maximum atomic E-state index is 4.35. The molecule has 152 valence electrons. The third-order valence-electron chi connectivity index (χ3n) is 4.50. The van der Waals surface area contributed by atoms with Gasteiger partial charge < -0.3 is 9.13 Å². The average molecular weight is 380 g/mol. The summed E-state index contributed by atoms with van der Waals surface area (Å²) in [5.41, 5.74) is 3.86. The second kappa shape index (κ2) is 8.64. The number of nitrogens with zero attached hydrogens (tertiary/aromatic N) is 3. The Morgan fingerprint density at radius 2 is 1.18 bits per heavy atom. The first-order valence-electron chi connectivity index (χ1n) is 9.17. The Hall–Kier alpha value is -2.55. The molecule has 0 aliphatic rings. The van der Waals surface area contributed by atoms with E-state index in [-0.39, 0.29) is 25.9 Å². The van der Waals surface area contributed by atoms with Crippen molar-refractivity contribution in [2.45, 2.75) is 67.5 Å². The highest BCUT2D eigenvalue weighted by molar-refractivity contribution is 5.80. The fraction of sp³-hybridized carbons (Fsp3) is 0.400. The summed E-state index contributed by atoms with van der Waals surface area (Å²) in [7, 11) is 0. The van der Waals surface area contributed by atoms with E-state index in [1.165, 1.54) is 16.4 Å². The number of benzene rings is 2. The topological polar surface area (TPSA) is 22.8 Å². The fourth-order valence-electron chi connectivity index (χ4n) is 3.16. The van der Waals surface area contributed by atoms with Gasteiger partial charge in [-0.15, -0.1) is 0 Å². The molecule has 0 aliphatic heterocycles. The van der Waals surface area contributed by atoms with Crippen LogP contribution in [-0.4, -0.2) is 14.1 Å². The van der Waals surface area contributed by atoms with Crippen LogP contribution < -0.4 is 0 Å². The minimum Gasteiger partial charge on any atom is -0.342 e. The molecule has 0 amide bonds. The first kappa shape index (κ1) is 23.5. The zero-order valence-corrected chi connectivity index (χ0v) is 16.7. The number of para-hydroxylation sites is 3. The molecule has 0 aliphatic carbocycles. The first-order valence-corrected chi connectivity index (χ1v) is 9.17. The summed E-state index contributed by atoms with van der Waals surface area (Å²) in [4.78, 5) is 4.35. The molecule has 0 saturated heterocycles. The Morgan fingerprint density at radius 3 is 1.79 bits per heavy atom. The predicted molar refractivity (Wildman–Crippen MR) is 125 cm³/mol. The molecule has 0 N–H and O–H groups in total. The van der Waals surface area contributed by atoms with E-state index >= 15 is 0 Å². The number of fused-ring (bicyclic) bond motifs is 2. The highest BCUT2D eigenvalue weighted by Crippen LogP contribution is 2.23. The van der Waals surface area contributed by atoms with Gasteiger partial charge in [0, 0.05) is 22.8 Å². The van der Waals surface area contributed by atoms with Crippen LogP contribution in [0.3, 0.4) is 0 Å². The lowest BCUT2D eigenvalue weighted by Gasteiger charge is -2.22. The highest BCUT2D eigenvalue weighted by Gasteiger charge is 2.15. The van der Waals surface area contributed by atoms with Gasteiger partial charge in [0.25, 0.3) is 0 Å². The average Bonchev–Trinajstić information content (AvgIpc) is 3.19. The number of aromatic nitrogens is 3. The Morgan fingerprint density at radius 1 is 0.643 bits per heavy atom. The second-order valence-corrected chi connectivity index (χ2v) is 8.69. The van der Waals surface area contributed by atoms with Crippen LogP contribution >= 0.6 is 0 Å². The second-order valence-electron chi connectivity index (χ2n) is 8.69. The van der Waals surface area contributed by atoms with Gasteiger partial charge in [0.05, 0.1) is 17.4 Å². The summed E-state index contributed by atoms with van der Waals surface area (Å²) in [6.45, 7) is 13.2. The van der Waals surface area contributed by atoms with Crippen molar-refractivity contribution in [3.05, 3.63) is 67.1 Å². The molecule has 0 spiro atoms. The lowest BCUT2D eigenvalue weighted by atomic mass is 10.1. The summed E-state index contributed by atoms with van der Waals surface area (Å²) >= 11 is 0. The number of hydrogen-bond acceptors (Lipinski definition) is 1. The van der Waals surface area contributed by atoms with Gasteiger partial charge in [-0.2, -0.15) is 0 Å². The van der Waals surface area contributed by atoms with E-state index in [0.29, 0.717) is 0 Å². The molecule has 0 radical (unpaired) electrons. The first-order chi connectivity index (χ1) is 12.2. The zero-order valence-electron chi connectivity index (χ0n) is 16.7. The molecular weight excluding hydrogens is 342 g/mol. The monoisotopic (exact) mass is 379 g/mol. The summed E-state index contributed by atoms with van der Waals surface area (Å²) in [6.07, 6.45) is 4.06. The number of rotatable bonds is 0. The molecule has 2 heterocycles. The Bertz CT molecular complexity index is 923. The van der Waals surface area contributed by atoms with Crippen LogP contribution in [0.2, 0.25) is 0 Å². The normalized spacial score (nSPS) is 11.4. The maximum absolute atomic E-state index is 4.35. The van der Waals surface area contributed by atoms with Crippen molar-refractivity contribution in [2.75, 3.05) is 0 Å². The molecule has 0 atom stereocenters. The molecule has 0 bridgehead atoms. The molecule has 3 heteroatoms. The molecule has 3 nitrogen and oxygen atoms in total. The third kappa shape index (κ3) is 4.83. The SMILES string of the molecule is C.C.CC(C)(C)n1ccc2ccccc21.CC(C)(C)n1cnc2ccccc21. The summed E-state index contributed by atoms with van der Waals surface area (Å²) in [5, 5.41) is 1.32. The van der Waals surface area contributed by atoms with E-state index in [9.17, 15) is 0 Å². The largest absolute Gasteiger partial charge is 0.342 e. The van der Waals surface area contributed by atoms with Crippen LogP contribution in [-0.2, 0) is 11.1 Å². The molecule has 4 rings (SSSR count). The van der Waals surface area contributed by atoms with Gasteiger partial charge in [0.2, 0.25) is 0 Å². The third-order valence-corrected chi connectivity index (χ3v) is 4.50. The van der Waals surface area contributed by atoms with Gasteiger partial charge in [-0.3, -0.25) is 0 Å². The lowest BCUT2D eigenvalue weighted by Crippen LogP contribution is -2.20. The van der Waals surface area contributed by atoms with Crippen molar-refractivity contribution in [3.8, 4) is 0 Å². The van der Waals surface area contributed by atoms with Gasteiger partial charge >= 0.3 is 0 Å². The van der Waals surface area contributed by atoms with Gasteiger partial charge in [-0.05, 0) is 71.2 Å². The lowest BCUT2D eigenvalue weighted by molar-refractivity contribution is 0.408. The predicted octanol–water partition coefficient (Wildman–Crippen LogP) is 7.46. The van der Waals surface area contributed by atoms with E-state index in [1.54, 1.807) is 0 Å². The minimum atomic E-state index is 0. The summed E-state index contributed by atoms with van der Waals surface area (Å²) in [5.74, 6) is 0. The number of imidazole rings is 1. The summed E-state index contributed by atoms with van der Waals surface area (Å²) < 4.78 is 4.50. The molecule has 0 saturated carbocycles. The van der Waals surface area contributed by atoms with Crippen LogP contribution in [0.5, 0.6) is 0 Å². The molecule has 2 aromatic carbocycles. The van der Waals surface area contributed by atoms with Gasteiger partial charge in [-0.1, -0.05) is 45.2 Å². The molecule has 2 aromatic heterocycles. The number of hydrogen-bond donors (Lipinski definition) is 0. The van der Waals surface area contributed by atoms with Gasteiger partial charge in [-0.25, -0.2) is 4.98 Å². The van der Waals surface area contributed by atoms with E-state index in [2.05, 4.69) is 98.3 Å². The van der Waals surface area contributed by atoms with Crippen LogP contribution in [0.1, 0.15) is 56.4 Å². The minimum absolute atomic E-state index is 0. The fourth-order valence-corrected chi connectivity index (χ4v) is 3.16. The van der Waals surface area contributed by atoms with Gasteiger partial charge in [0.15, 0.2) is 0 Å². The van der Waals surface area contributed by atoms with Crippen LogP contribution in [0, 0.1) is 0 Å². The van der Waals surface area contributed by atoms with E-state index < -0.39 is 0 Å². The molecule has 4 aromatic rings. The van der Waals surface area contributed by atoms with Crippen molar-refractivity contribution in [1.82, 2.24) is 14.1 Å². The van der Waals surface area contributed by atoms with Crippen LogP contribution in [0.4, 0.5) is 0 Å². The molecule has 28 heavy (non-hydrogen) atoms. The zero-order chi connectivity index (χ0) is 18.9. The highest BCUT2D eigenvalue weighted by atomic mass is 15.1. The Kier molecular flexibility index (Phi) is 7.25. The maximum Gasteiger partial charge on any atom is 0.0963 e. The quantitative estimate of drug-likeness (QED) is 0.311. The Balaban J connectivity index is 0.000000261. The van der Waals surface area contributed by atoms with Crippen molar-refractivity contribution in [1.29, 1.82) is 0 Å². The van der Waals surface area contributed by atoms with E-state index in [1.807, 2.05) is 24.5 Å². The van der Waals surface area contributed by atoms with Crippen molar-refractivity contribution >= 4 is 21.9 Å². The van der Waals surface area contributed by atoms with Crippen molar-refractivity contribution in [3.63, 3.8) is 0 Å².